The Morgan fingerprint density at radius 3 is 2.54 bits per heavy atom. The summed E-state index contributed by atoms with van der Waals surface area (Å²) >= 11 is 0. The molecule has 1 aliphatic heterocycles. The molecule has 1 aromatic heterocycles. The molecule has 0 bridgehead atoms. The van der Waals surface area contributed by atoms with E-state index in [-0.39, 0.29) is 37.7 Å². The van der Waals surface area contributed by atoms with Gasteiger partial charge in [0, 0.05) is 54.6 Å². The number of benzene rings is 2. The second-order valence-corrected chi connectivity index (χ2v) is 10.0. The Kier molecular flexibility index (Phi) is 9.70. The van der Waals surface area contributed by atoms with Crippen LogP contribution in [0, 0.1) is 0 Å². The summed E-state index contributed by atoms with van der Waals surface area (Å²) in [5.41, 5.74) is 7.19. The first-order valence-corrected chi connectivity index (χ1v) is 13.6. The van der Waals surface area contributed by atoms with Gasteiger partial charge in [-0.3, -0.25) is 24.4 Å². The van der Waals surface area contributed by atoms with Gasteiger partial charge in [-0.05, 0) is 49.1 Å². The summed E-state index contributed by atoms with van der Waals surface area (Å²) in [5.74, 6) is -1.77. The van der Waals surface area contributed by atoms with Crippen LogP contribution in [0.1, 0.15) is 32.3 Å². The Labute approximate surface area is 238 Å². The van der Waals surface area contributed by atoms with Gasteiger partial charge in [-0.25, -0.2) is 5.48 Å². The maximum atomic E-state index is 12.5. The molecule has 1 atom stereocenters. The van der Waals surface area contributed by atoms with Crippen LogP contribution in [-0.4, -0.2) is 64.4 Å². The number of nitrogens with one attached hydrogen (secondary N) is 4. The van der Waals surface area contributed by atoms with Crippen LogP contribution in [0.2, 0.25) is 0 Å². The van der Waals surface area contributed by atoms with E-state index in [0.717, 1.165) is 33.3 Å². The van der Waals surface area contributed by atoms with E-state index in [9.17, 15) is 19.2 Å². The Balaban J connectivity index is 1.22. The van der Waals surface area contributed by atoms with Gasteiger partial charge in [0.25, 0.3) is 11.8 Å². The van der Waals surface area contributed by atoms with Crippen molar-refractivity contribution < 1.29 is 24.4 Å². The molecule has 10 nitrogen and oxygen atoms in total. The molecule has 1 aliphatic rings. The lowest BCUT2D eigenvalue weighted by atomic mass is 10.1. The van der Waals surface area contributed by atoms with Crippen molar-refractivity contribution in [3.63, 3.8) is 0 Å². The van der Waals surface area contributed by atoms with Crippen LogP contribution in [0.25, 0.3) is 22.2 Å². The van der Waals surface area contributed by atoms with Gasteiger partial charge >= 0.3 is 0 Å². The van der Waals surface area contributed by atoms with Crippen molar-refractivity contribution >= 4 is 34.5 Å². The largest absolute Gasteiger partial charge is 0.355 e. The quantitative estimate of drug-likeness (QED) is 0.172. The zero-order chi connectivity index (χ0) is 29.4. The molecule has 0 fully saturated rings. The van der Waals surface area contributed by atoms with Crippen LogP contribution in [-0.2, 0) is 25.6 Å². The number of fused-ring (bicyclic) bond motifs is 1. The molecule has 3 aromatic rings. The monoisotopic (exact) mass is 557 g/mol. The third kappa shape index (κ3) is 7.49. The zero-order valence-corrected chi connectivity index (χ0v) is 23.2. The highest BCUT2D eigenvalue weighted by atomic mass is 16.5. The van der Waals surface area contributed by atoms with Gasteiger partial charge in [-0.1, -0.05) is 54.6 Å². The molecule has 2 aromatic carbocycles. The van der Waals surface area contributed by atoms with E-state index in [4.69, 9.17) is 5.21 Å². The second kappa shape index (κ2) is 13.6. The minimum Gasteiger partial charge on any atom is -0.355 e. The highest BCUT2D eigenvalue weighted by molar-refractivity contribution is 6.00. The van der Waals surface area contributed by atoms with Crippen molar-refractivity contribution in [2.75, 3.05) is 19.6 Å². The molecule has 0 unspecified atom stereocenters. The number of allylic oxidation sites excluding steroid dienone is 1. The van der Waals surface area contributed by atoms with Crippen LogP contribution in [0.4, 0.5) is 0 Å². The fourth-order valence-electron chi connectivity index (χ4n) is 4.79. The number of hydroxylamine groups is 1. The Bertz CT molecular complexity index is 1460. The molecule has 0 spiro atoms. The average Bonchev–Trinajstić information content (AvgIpc) is 3.53. The summed E-state index contributed by atoms with van der Waals surface area (Å²) < 4.78 is 0. The van der Waals surface area contributed by atoms with Gasteiger partial charge in [0.15, 0.2) is 0 Å². The molecule has 0 radical (unpaired) electrons. The Morgan fingerprint density at radius 1 is 1.07 bits per heavy atom. The molecule has 0 saturated heterocycles. The van der Waals surface area contributed by atoms with Gasteiger partial charge in [-0.15, -0.1) is 0 Å². The van der Waals surface area contributed by atoms with E-state index in [0.29, 0.717) is 18.5 Å². The van der Waals surface area contributed by atoms with Crippen LogP contribution in [0.15, 0.2) is 77.9 Å². The average molecular weight is 558 g/mol. The summed E-state index contributed by atoms with van der Waals surface area (Å²) in [7, 11) is 0. The van der Waals surface area contributed by atoms with Crippen molar-refractivity contribution in [2.24, 2.45) is 0 Å². The fraction of sp³-hybridized carbons (Fsp3) is 0.290. The number of aromatic nitrogens is 1. The van der Waals surface area contributed by atoms with Crippen molar-refractivity contribution in [3.8, 4) is 11.3 Å². The summed E-state index contributed by atoms with van der Waals surface area (Å²) in [4.78, 5) is 54.6. The third-order valence-electron chi connectivity index (χ3n) is 7.05. The number of aromatic amines is 1. The van der Waals surface area contributed by atoms with Crippen LogP contribution < -0.4 is 16.1 Å². The molecule has 5 N–H and O–H groups in total. The first-order chi connectivity index (χ1) is 19.8. The zero-order valence-electron chi connectivity index (χ0n) is 23.2. The minimum atomic E-state index is -1.17. The smallest absolute Gasteiger partial charge is 0.267 e. The SMILES string of the molecule is C/C=C\C1=C(C)CN(CCC(=O)N[C@@H](CNC(=O)CCc2ccc(-c3cc4ccccc4[nH]3)cc2)C(=O)NO)C1=O. The molecule has 214 valence electrons. The van der Waals surface area contributed by atoms with E-state index in [1.54, 1.807) is 17.1 Å². The first-order valence-electron chi connectivity index (χ1n) is 13.6. The fourth-order valence-corrected chi connectivity index (χ4v) is 4.79. The number of hydrogen-bond donors (Lipinski definition) is 5. The molecule has 0 aliphatic carbocycles. The molecule has 4 amide bonds. The molecule has 0 saturated carbocycles. The minimum absolute atomic E-state index is 0.0280. The van der Waals surface area contributed by atoms with Gasteiger partial charge in [0.2, 0.25) is 11.8 Å². The summed E-state index contributed by atoms with van der Waals surface area (Å²) in [5, 5.41) is 15.4. The normalized spacial score (nSPS) is 14.1. The highest BCUT2D eigenvalue weighted by Crippen LogP contribution is 2.24. The van der Waals surface area contributed by atoms with Crippen molar-refractivity contribution in [1.82, 2.24) is 26.0 Å². The van der Waals surface area contributed by atoms with Crippen LogP contribution in [0.3, 0.4) is 0 Å². The highest BCUT2D eigenvalue weighted by Gasteiger charge is 2.27. The number of nitrogens with zero attached hydrogens (tertiary/aromatic N) is 1. The standard InChI is InChI=1S/C31H35N5O5/c1-3-6-24-20(2)19-36(31(24)40)16-15-29(38)34-27(30(39)35-41)18-32-28(37)14-11-21-9-12-22(13-10-21)26-17-23-7-4-5-8-25(23)33-26/h3-10,12-13,17,27,33,41H,11,14-16,18-19H2,1-2H3,(H,32,37)(H,34,38)(H,35,39)/b6-3-/t27-/m0/s1. The molecular weight excluding hydrogens is 522 g/mol. The summed E-state index contributed by atoms with van der Waals surface area (Å²) in [6, 6.07) is 17.0. The van der Waals surface area contributed by atoms with Crippen molar-refractivity contribution in [2.45, 2.75) is 39.2 Å². The predicted molar refractivity (Wildman–Crippen MR) is 156 cm³/mol. The molecular formula is C31H35N5O5. The number of H-pyrrole nitrogens is 1. The number of rotatable bonds is 12. The predicted octanol–water partition coefficient (Wildman–Crippen LogP) is 3.00. The van der Waals surface area contributed by atoms with Gasteiger partial charge < -0.3 is 20.5 Å². The molecule has 10 heteroatoms. The Hall–Kier alpha value is -4.70. The number of carbonyl (C=O) groups is 4. The number of hydrogen-bond acceptors (Lipinski definition) is 5. The van der Waals surface area contributed by atoms with E-state index in [2.05, 4.69) is 27.8 Å². The molecule has 4 rings (SSSR count). The lowest BCUT2D eigenvalue weighted by molar-refractivity contribution is -0.135. The van der Waals surface area contributed by atoms with Crippen molar-refractivity contribution in [1.29, 1.82) is 0 Å². The lowest BCUT2D eigenvalue weighted by Gasteiger charge is -2.19. The van der Waals surface area contributed by atoms with E-state index >= 15 is 0 Å². The summed E-state index contributed by atoms with van der Waals surface area (Å²) in [6.45, 7) is 4.14. The van der Waals surface area contributed by atoms with Gasteiger partial charge in [0.05, 0.1) is 0 Å². The summed E-state index contributed by atoms with van der Waals surface area (Å²) in [6.07, 6.45) is 4.20. The Morgan fingerprint density at radius 2 is 1.83 bits per heavy atom. The van der Waals surface area contributed by atoms with E-state index in [1.807, 2.05) is 56.3 Å². The molecule has 41 heavy (non-hydrogen) atoms. The van der Waals surface area contributed by atoms with Crippen LogP contribution in [0.5, 0.6) is 0 Å². The topological polar surface area (TPSA) is 144 Å². The molecule has 2 heterocycles. The van der Waals surface area contributed by atoms with E-state index in [1.165, 1.54) is 5.48 Å². The lowest BCUT2D eigenvalue weighted by Crippen LogP contribution is -2.52. The van der Waals surface area contributed by atoms with E-state index < -0.39 is 17.9 Å². The maximum absolute atomic E-state index is 12.5. The number of aryl methyl sites for hydroxylation is 1. The third-order valence-corrected chi connectivity index (χ3v) is 7.05. The first kappa shape index (κ1) is 29.3. The van der Waals surface area contributed by atoms with Gasteiger partial charge in [-0.2, -0.15) is 0 Å². The maximum Gasteiger partial charge on any atom is 0.267 e. The number of carbonyl (C=O) groups excluding carboxylic acids is 4. The van der Waals surface area contributed by atoms with Crippen LogP contribution >= 0.6 is 0 Å². The van der Waals surface area contributed by atoms with Gasteiger partial charge in [0.1, 0.15) is 6.04 Å². The van der Waals surface area contributed by atoms with Crippen molar-refractivity contribution in [3.05, 3.63) is 83.5 Å². The number of amides is 4. The number of para-hydroxylation sites is 1. The second-order valence-electron chi connectivity index (χ2n) is 10.0.